The fraction of sp³-hybridized carbons (Fsp3) is 0.100. The third-order valence-corrected chi connectivity index (χ3v) is 4.18. The Labute approximate surface area is 161 Å². The van der Waals surface area contributed by atoms with E-state index < -0.39 is 0 Å². The minimum atomic E-state index is -0.303. The standard InChI is InChI=1S/C20H19N7O/c28-20(21-13-19-25-22-15-27(19)18-5-2-1-3-6-18)24-17-9-7-16(8-10-17)14-26-12-4-11-23-26/h1-12,15H,13-14H2,(H2,21,24,28). The molecule has 8 nitrogen and oxygen atoms in total. The molecule has 2 N–H and O–H groups in total. The highest BCUT2D eigenvalue weighted by atomic mass is 16.2. The lowest BCUT2D eigenvalue weighted by Gasteiger charge is -2.10. The fourth-order valence-electron chi connectivity index (χ4n) is 2.79. The molecule has 0 aliphatic heterocycles. The van der Waals surface area contributed by atoms with Crippen LogP contribution in [-0.2, 0) is 13.1 Å². The molecule has 28 heavy (non-hydrogen) atoms. The molecule has 0 saturated heterocycles. The number of benzene rings is 2. The van der Waals surface area contributed by atoms with Crippen molar-refractivity contribution in [2.45, 2.75) is 13.1 Å². The number of urea groups is 1. The van der Waals surface area contributed by atoms with Crippen LogP contribution in [0.5, 0.6) is 0 Å². The summed E-state index contributed by atoms with van der Waals surface area (Å²) in [5.41, 5.74) is 2.76. The van der Waals surface area contributed by atoms with Gasteiger partial charge in [0.25, 0.3) is 0 Å². The maximum atomic E-state index is 12.2. The summed E-state index contributed by atoms with van der Waals surface area (Å²) in [7, 11) is 0. The number of para-hydroxylation sites is 1. The maximum absolute atomic E-state index is 12.2. The van der Waals surface area contributed by atoms with E-state index in [0.29, 0.717) is 18.1 Å². The Morgan fingerprint density at radius 1 is 1.00 bits per heavy atom. The Hall–Kier alpha value is -3.94. The zero-order chi connectivity index (χ0) is 19.2. The molecule has 140 valence electrons. The van der Waals surface area contributed by atoms with Crippen LogP contribution in [0.3, 0.4) is 0 Å². The first-order chi connectivity index (χ1) is 13.8. The van der Waals surface area contributed by atoms with Gasteiger partial charge in [0.1, 0.15) is 6.33 Å². The van der Waals surface area contributed by atoms with Gasteiger partial charge in [-0.3, -0.25) is 9.25 Å². The van der Waals surface area contributed by atoms with Gasteiger partial charge in [0.2, 0.25) is 0 Å². The predicted octanol–water partition coefficient (Wildman–Crippen LogP) is 2.83. The van der Waals surface area contributed by atoms with Crippen molar-refractivity contribution in [1.82, 2.24) is 29.9 Å². The number of hydrogen-bond acceptors (Lipinski definition) is 4. The Morgan fingerprint density at radius 3 is 2.57 bits per heavy atom. The zero-order valence-electron chi connectivity index (χ0n) is 15.1. The van der Waals surface area contributed by atoms with Crippen LogP contribution in [0.2, 0.25) is 0 Å². The fourth-order valence-corrected chi connectivity index (χ4v) is 2.79. The molecule has 8 heteroatoms. The average molecular weight is 373 g/mol. The molecule has 4 aromatic rings. The van der Waals surface area contributed by atoms with E-state index in [4.69, 9.17) is 0 Å². The third kappa shape index (κ3) is 4.24. The van der Waals surface area contributed by atoms with Crippen LogP contribution in [0.25, 0.3) is 5.69 Å². The van der Waals surface area contributed by atoms with Gasteiger partial charge in [0.15, 0.2) is 5.82 Å². The molecule has 0 saturated carbocycles. The van der Waals surface area contributed by atoms with Crippen LogP contribution >= 0.6 is 0 Å². The lowest BCUT2D eigenvalue weighted by molar-refractivity contribution is 0.251. The van der Waals surface area contributed by atoms with Crippen molar-refractivity contribution in [3.8, 4) is 5.69 Å². The SMILES string of the molecule is O=C(NCc1nncn1-c1ccccc1)Nc1ccc(Cn2cccn2)cc1. The minimum absolute atomic E-state index is 0.262. The number of nitrogens with one attached hydrogen (secondary N) is 2. The van der Waals surface area contributed by atoms with Gasteiger partial charge in [-0.05, 0) is 35.9 Å². The molecule has 0 unspecified atom stereocenters. The largest absolute Gasteiger partial charge is 0.331 e. The summed E-state index contributed by atoms with van der Waals surface area (Å²) in [5, 5.41) is 17.8. The first kappa shape index (κ1) is 17.5. The van der Waals surface area contributed by atoms with Gasteiger partial charge >= 0.3 is 6.03 Å². The van der Waals surface area contributed by atoms with Crippen LogP contribution in [0.4, 0.5) is 10.5 Å². The predicted molar refractivity (Wildman–Crippen MR) is 105 cm³/mol. The molecule has 0 fully saturated rings. The van der Waals surface area contributed by atoms with Crippen LogP contribution < -0.4 is 10.6 Å². The summed E-state index contributed by atoms with van der Waals surface area (Å²) in [5.74, 6) is 0.649. The molecule has 0 bridgehead atoms. The van der Waals surface area contributed by atoms with Gasteiger partial charge in [-0.2, -0.15) is 5.10 Å². The molecule has 4 rings (SSSR count). The van der Waals surface area contributed by atoms with E-state index in [1.807, 2.05) is 76.1 Å². The van der Waals surface area contributed by atoms with Crippen molar-refractivity contribution in [3.63, 3.8) is 0 Å². The topological polar surface area (TPSA) is 89.7 Å². The van der Waals surface area contributed by atoms with Gasteiger partial charge < -0.3 is 10.6 Å². The second-order valence-electron chi connectivity index (χ2n) is 6.16. The molecular formula is C20H19N7O. The molecule has 2 heterocycles. The van der Waals surface area contributed by atoms with Crippen molar-refractivity contribution in [3.05, 3.63) is 90.8 Å². The number of carbonyl (C=O) groups excluding carboxylic acids is 1. The lowest BCUT2D eigenvalue weighted by Crippen LogP contribution is -2.29. The highest BCUT2D eigenvalue weighted by Crippen LogP contribution is 2.11. The van der Waals surface area contributed by atoms with Gasteiger partial charge in [0.05, 0.1) is 13.1 Å². The first-order valence-electron chi connectivity index (χ1n) is 8.83. The van der Waals surface area contributed by atoms with E-state index in [0.717, 1.165) is 11.3 Å². The Morgan fingerprint density at radius 2 is 1.82 bits per heavy atom. The minimum Gasteiger partial charge on any atom is -0.331 e. The summed E-state index contributed by atoms with van der Waals surface area (Å²) >= 11 is 0. The van der Waals surface area contributed by atoms with E-state index in [9.17, 15) is 4.79 Å². The molecule has 0 spiro atoms. The quantitative estimate of drug-likeness (QED) is 0.544. The Kier molecular flexibility index (Phi) is 5.10. The number of carbonyl (C=O) groups is 1. The molecule has 0 aliphatic carbocycles. The summed E-state index contributed by atoms with van der Waals surface area (Å²) in [4.78, 5) is 12.2. The van der Waals surface area contributed by atoms with Crippen LogP contribution in [-0.4, -0.2) is 30.6 Å². The third-order valence-electron chi connectivity index (χ3n) is 4.18. The van der Waals surface area contributed by atoms with E-state index >= 15 is 0 Å². The first-order valence-corrected chi connectivity index (χ1v) is 8.83. The zero-order valence-corrected chi connectivity index (χ0v) is 15.1. The smallest absolute Gasteiger partial charge is 0.319 e. The van der Waals surface area contributed by atoms with Crippen molar-refractivity contribution < 1.29 is 4.79 Å². The molecule has 2 amide bonds. The summed E-state index contributed by atoms with van der Waals surface area (Å²) in [6, 6.07) is 19.0. The molecule has 0 radical (unpaired) electrons. The number of aromatic nitrogens is 5. The highest BCUT2D eigenvalue weighted by molar-refractivity contribution is 5.89. The Balaban J connectivity index is 1.32. The monoisotopic (exact) mass is 373 g/mol. The van der Waals surface area contributed by atoms with Crippen molar-refractivity contribution in [2.24, 2.45) is 0 Å². The number of nitrogens with zero attached hydrogens (tertiary/aromatic N) is 5. The van der Waals surface area contributed by atoms with Gasteiger partial charge in [-0.15, -0.1) is 10.2 Å². The second-order valence-corrected chi connectivity index (χ2v) is 6.16. The van der Waals surface area contributed by atoms with E-state index in [-0.39, 0.29) is 12.6 Å². The lowest BCUT2D eigenvalue weighted by atomic mass is 10.2. The number of anilines is 1. The second kappa shape index (κ2) is 8.17. The van der Waals surface area contributed by atoms with Gasteiger partial charge in [0, 0.05) is 23.8 Å². The molecular weight excluding hydrogens is 354 g/mol. The van der Waals surface area contributed by atoms with Crippen molar-refractivity contribution >= 4 is 11.7 Å². The molecule has 2 aromatic carbocycles. The molecule has 2 aromatic heterocycles. The van der Waals surface area contributed by atoms with E-state index in [1.54, 1.807) is 12.5 Å². The number of amides is 2. The maximum Gasteiger partial charge on any atom is 0.319 e. The molecule has 0 atom stereocenters. The molecule has 0 aliphatic rings. The van der Waals surface area contributed by atoms with Crippen LogP contribution in [0.1, 0.15) is 11.4 Å². The van der Waals surface area contributed by atoms with Gasteiger partial charge in [-0.1, -0.05) is 30.3 Å². The van der Waals surface area contributed by atoms with Crippen molar-refractivity contribution in [1.29, 1.82) is 0 Å². The number of hydrogen-bond donors (Lipinski definition) is 2. The summed E-state index contributed by atoms with van der Waals surface area (Å²) in [6.07, 6.45) is 5.29. The van der Waals surface area contributed by atoms with Gasteiger partial charge in [-0.25, -0.2) is 4.79 Å². The van der Waals surface area contributed by atoms with Crippen LogP contribution in [0, 0.1) is 0 Å². The highest BCUT2D eigenvalue weighted by Gasteiger charge is 2.08. The summed E-state index contributed by atoms with van der Waals surface area (Å²) < 4.78 is 3.68. The number of rotatable bonds is 6. The Bertz CT molecular complexity index is 1020. The van der Waals surface area contributed by atoms with E-state index in [1.165, 1.54) is 0 Å². The van der Waals surface area contributed by atoms with Crippen molar-refractivity contribution in [2.75, 3.05) is 5.32 Å². The normalized spacial score (nSPS) is 10.6. The van der Waals surface area contributed by atoms with E-state index in [2.05, 4.69) is 25.9 Å². The average Bonchev–Trinajstić information content (AvgIpc) is 3.40. The van der Waals surface area contributed by atoms with Crippen LogP contribution in [0.15, 0.2) is 79.4 Å². The summed E-state index contributed by atoms with van der Waals surface area (Å²) in [6.45, 7) is 0.951.